The van der Waals surface area contributed by atoms with E-state index in [0.29, 0.717) is 0 Å². The fourth-order valence-corrected chi connectivity index (χ4v) is 4.27. The van der Waals surface area contributed by atoms with Gasteiger partial charge in [-0.25, -0.2) is 4.79 Å². The number of benzene rings is 2. The molecule has 0 unspecified atom stereocenters. The molecule has 0 aliphatic carbocycles. The van der Waals surface area contributed by atoms with E-state index in [1.165, 1.54) is 25.6 Å². The maximum atomic E-state index is 12.7. The van der Waals surface area contributed by atoms with Crippen LogP contribution in [0.15, 0.2) is 65.6 Å². The predicted molar refractivity (Wildman–Crippen MR) is 115 cm³/mol. The summed E-state index contributed by atoms with van der Waals surface area (Å²) in [5, 5.41) is 11.0. The van der Waals surface area contributed by atoms with Crippen LogP contribution in [0.4, 0.5) is 0 Å². The van der Waals surface area contributed by atoms with Crippen molar-refractivity contribution in [3.05, 3.63) is 66.2 Å². The molecule has 32 heavy (non-hydrogen) atoms. The zero-order valence-electron chi connectivity index (χ0n) is 17.6. The normalized spacial score (nSPS) is 24.9. The molecular formula is C23H24O8S. The number of esters is 3. The zero-order valence-corrected chi connectivity index (χ0v) is 18.4. The molecule has 0 bridgehead atoms. The van der Waals surface area contributed by atoms with Gasteiger partial charge in [0.1, 0.15) is 24.3 Å². The van der Waals surface area contributed by atoms with Crippen LogP contribution in [0.3, 0.4) is 0 Å². The van der Waals surface area contributed by atoms with Crippen molar-refractivity contribution in [2.75, 3.05) is 6.61 Å². The average molecular weight is 461 g/mol. The molecule has 0 aromatic heterocycles. The molecule has 0 spiro atoms. The lowest BCUT2D eigenvalue weighted by atomic mass is 9.99. The standard InChI is InChI=1S/C23H24O8S/c1-14(24)28-13-18-20(29-15(2)25)21(31-22(27)16-9-5-3-6-10-16)19(26)23(30-18)32-17-11-7-4-8-12-17/h3-12,18-21,23,26H,13H2,1-2H3/t18-,19+,20-,21-,23+/m1/s1. The van der Waals surface area contributed by atoms with Gasteiger partial charge >= 0.3 is 17.9 Å². The average Bonchev–Trinajstić information content (AvgIpc) is 2.78. The Balaban J connectivity index is 1.89. The van der Waals surface area contributed by atoms with Gasteiger partial charge in [0.2, 0.25) is 0 Å². The Morgan fingerprint density at radius 3 is 2.12 bits per heavy atom. The highest BCUT2D eigenvalue weighted by molar-refractivity contribution is 7.99. The van der Waals surface area contributed by atoms with Gasteiger partial charge in [-0.15, -0.1) is 0 Å². The molecule has 1 N–H and O–H groups in total. The smallest absolute Gasteiger partial charge is 0.338 e. The van der Waals surface area contributed by atoms with Crippen LogP contribution >= 0.6 is 11.8 Å². The van der Waals surface area contributed by atoms with E-state index in [1.807, 2.05) is 30.3 Å². The minimum atomic E-state index is -1.33. The number of rotatable bonds is 7. The van der Waals surface area contributed by atoms with Crippen molar-refractivity contribution >= 4 is 29.7 Å². The highest BCUT2D eigenvalue weighted by Crippen LogP contribution is 2.36. The lowest BCUT2D eigenvalue weighted by molar-refractivity contribution is -0.222. The first-order valence-electron chi connectivity index (χ1n) is 9.97. The molecule has 2 aromatic rings. The maximum Gasteiger partial charge on any atom is 0.338 e. The second kappa shape index (κ2) is 11.1. The van der Waals surface area contributed by atoms with Gasteiger partial charge in [-0.05, 0) is 24.3 Å². The summed E-state index contributed by atoms with van der Waals surface area (Å²) >= 11 is 1.21. The van der Waals surface area contributed by atoms with Crippen LogP contribution in [0.25, 0.3) is 0 Å². The van der Waals surface area contributed by atoms with Crippen LogP contribution in [0, 0.1) is 0 Å². The van der Waals surface area contributed by atoms with Gasteiger partial charge in [-0.1, -0.05) is 48.2 Å². The van der Waals surface area contributed by atoms with Crippen molar-refractivity contribution in [1.82, 2.24) is 0 Å². The molecule has 8 nitrogen and oxygen atoms in total. The van der Waals surface area contributed by atoms with Crippen LogP contribution in [0.2, 0.25) is 0 Å². The van der Waals surface area contributed by atoms with Gasteiger partial charge in [0.15, 0.2) is 12.2 Å². The number of hydrogen-bond acceptors (Lipinski definition) is 9. The first kappa shape index (κ1) is 23.8. The van der Waals surface area contributed by atoms with Gasteiger partial charge in [0, 0.05) is 18.7 Å². The van der Waals surface area contributed by atoms with E-state index in [9.17, 15) is 19.5 Å². The van der Waals surface area contributed by atoms with Crippen molar-refractivity contribution < 1.29 is 38.4 Å². The predicted octanol–water partition coefficient (Wildman–Crippen LogP) is 2.58. The van der Waals surface area contributed by atoms with Crippen molar-refractivity contribution in [2.24, 2.45) is 0 Å². The van der Waals surface area contributed by atoms with Crippen molar-refractivity contribution in [3.63, 3.8) is 0 Å². The van der Waals surface area contributed by atoms with Crippen molar-refractivity contribution in [3.8, 4) is 0 Å². The molecule has 0 saturated carbocycles. The lowest BCUT2D eigenvalue weighted by Gasteiger charge is -2.43. The van der Waals surface area contributed by atoms with Crippen molar-refractivity contribution in [2.45, 2.75) is 48.6 Å². The Morgan fingerprint density at radius 1 is 0.906 bits per heavy atom. The number of hydrogen-bond donors (Lipinski definition) is 1. The Hall–Kier alpha value is -2.88. The third-order valence-electron chi connectivity index (χ3n) is 4.62. The number of carbonyl (C=O) groups excluding carboxylic acids is 3. The molecular weight excluding hydrogens is 436 g/mol. The summed E-state index contributed by atoms with van der Waals surface area (Å²) in [4.78, 5) is 36.7. The molecule has 170 valence electrons. The summed E-state index contributed by atoms with van der Waals surface area (Å²) in [5.41, 5.74) is -0.602. The van der Waals surface area contributed by atoms with E-state index in [2.05, 4.69) is 0 Å². The van der Waals surface area contributed by atoms with Crippen LogP contribution < -0.4 is 0 Å². The minimum Gasteiger partial charge on any atom is -0.463 e. The van der Waals surface area contributed by atoms with E-state index < -0.39 is 47.8 Å². The molecule has 3 rings (SSSR count). The van der Waals surface area contributed by atoms with Gasteiger partial charge in [0.05, 0.1) is 5.56 Å². The highest BCUT2D eigenvalue weighted by Gasteiger charge is 2.50. The molecule has 1 saturated heterocycles. The summed E-state index contributed by atoms with van der Waals surface area (Å²) < 4.78 is 22.0. The summed E-state index contributed by atoms with van der Waals surface area (Å²) in [5.74, 6) is -1.90. The van der Waals surface area contributed by atoms with Crippen LogP contribution in [0.5, 0.6) is 0 Å². The minimum absolute atomic E-state index is 0.245. The van der Waals surface area contributed by atoms with Gasteiger partial charge < -0.3 is 24.1 Å². The van der Waals surface area contributed by atoms with Crippen molar-refractivity contribution in [1.29, 1.82) is 0 Å². The van der Waals surface area contributed by atoms with Crippen LogP contribution in [-0.2, 0) is 28.5 Å². The molecule has 1 aliphatic heterocycles. The maximum absolute atomic E-state index is 12.7. The molecule has 0 amide bonds. The number of thioether (sulfide) groups is 1. The zero-order chi connectivity index (χ0) is 23.1. The van der Waals surface area contributed by atoms with E-state index in [-0.39, 0.29) is 12.2 Å². The highest BCUT2D eigenvalue weighted by atomic mass is 32.2. The van der Waals surface area contributed by atoms with E-state index in [4.69, 9.17) is 18.9 Å². The molecule has 1 aliphatic rings. The molecule has 1 fully saturated rings. The first-order valence-corrected chi connectivity index (χ1v) is 10.8. The number of aliphatic hydroxyl groups excluding tert-OH is 1. The Kier molecular flexibility index (Phi) is 8.26. The summed E-state index contributed by atoms with van der Waals surface area (Å²) in [7, 11) is 0. The Bertz CT molecular complexity index is 920. The van der Waals surface area contributed by atoms with Crippen LogP contribution in [0.1, 0.15) is 24.2 Å². The summed E-state index contributed by atoms with van der Waals surface area (Å²) in [6, 6.07) is 17.5. The topological polar surface area (TPSA) is 108 Å². The van der Waals surface area contributed by atoms with Gasteiger partial charge in [-0.3, -0.25) is 9.59 Å². The fraction of sp³-hybridized carbons (Fsp3) is 0.348. The Labute approximate surface area is 189 Å². The van der Waals surface area contributed by atoms with Gasteiger partial charge in [-0.2, -0.15) is 0 Å². The summed E-state index contributed by atoms with van der Waals surface area (Å²) in [6.45, 7) is 2.18. The number of ether oxygens (including phenoxy) is 4. The molecule has 2 aromatic carbocycles. The third-order valence-corrected chi connectivity index (χ3v) is 5.78. The van der Waals surface area contributed by atoms with Gasteiger partial charge in [0.25, 0.3) is 0 Å². The quantitative estimate of drug-likeness (QED) is 0.493. The van der Waals surface area contributed by atoms with E-state index in [0.717, 1.165) is 4.90 Å². The molecule has 0 radical (unpaired) electrons. The van der Waals surface area contributed by atoms with E-state index >= 15 is 0 Å². The largest absolute Gasteiger partial charge is 0.463 e. The monoisotopic (exact) mass is 460 g/mol. The third kappa shape index (κ3) is 6.32. The lowest BCUT2D eigenvalue weighted by Crippen LogP contribution is -2.60. The second-order valence-electron chi connectivity index (χ2n) is 7.08. The fourth-order valence-electron chi connectivity index (χ4n) is 3.19. The Morgan fingerprint density at radius 2 is 1.53 bits per heavy atom. The summed E-state index contributed by atoms with van der Waals surface area (Å²) in [6.07, 6.45) is -4.71. The molecule has 9 heteroatoms. The van der Waals surface area contributed by atoms with Crippen LogP contribution in [-0.4, -0.2) is 59.5 Å². The number of aliphatic hydroxyl groups is 1. The number of carbonyl (C=O) groups is 3. The SMILES string of the molecule is CC(=O)OC[C@H]1O[C@@H](Sc2ccccc2)[C@@H](O)[C@@H](OC(=O)c2ccccc2)[C@@H]1OC(C)=O. The molecule has 1 heterocycles. The van der Waals surface area contributed by atoms with E-state index in [1.54, 1.807) is 30.3 Å². The molecule has 5 atom stereocenters. The first-order chi connectivity index (χ1) is 15.3. The second-order valence-corrected chi connectivity index (χ2v) is 8.25.